The molecule has 1 aromatic carbocycles. The number of carbonyl (C=O) groups excluding carboxylic acids is 1. The molecule has 1 amide bonds. The van der Waals surface area contributed by atoms with Gasteiger partial charge in [-0.2, -0.15) is 0 Å². The largest absolute Gasteiger partial charge is 0.378 e. The Labute approximate surface area is 149 Å². The van der Waals surface area contributed by atoms with Crippen LogP contribution in [0.5, 0.6) is 0 Å². The average molecular weight is 354 g/mol. The molecule has 1 N–H and O–H groups in total. The Hall–Kier alpha value is -2.51. The van der Waals surface area contributed by atoms with E-state index in [1.54, 1.807) is 6.33 Å². The van der Waals surface area contributed by atoms with Crippen LogP contribution in [0.4, 0.5) is 11.5 Å². The summed E-state index contributed by atoms with van der Waals surface area (Å²) in [6, 6.07) is 9.54. The van der Waals surface area contributed by atoms with Crippen LogP contribution in [0, 0.1) is 6.92 Å². The Morgan fingerprint density at radius 3 is 2.80 bits per heavy atom. The summed E-state index contributed by atoms with van der Waals surface area (Å²) in [5.41, 5.74) is 1.55. The maximum atomic E-state index is 12.3. The zero-order chi connectivity index (χ0) is 17.2. The standard InChI is InChI=1S/C18H18N4O2S/c1-12-2-5-16(25-12)18(23)21-13-3-4-14-15(10-13)19-11-20-17(14)22-6-8-24-9-7-22/h2-5,10-11H,6-9H2,1H3,(H,21,23). The molecule has 0 unspecified atom stereocenters. The van der Waals surface area contributed by atoms with Crippen LogP contribution in [0.2, 0.25) is 0 Å². The van der Waals surface area contributed by atoms with E-state index in [9.17, 15) is 4.79 Å². The number of amides is 1. The van der Waals surface area contributed by atoms with E-state index in [1.807, 2.05) is 37.3 Å². The lowest BCUT2D eigenvalue weighted by atomic mass is 10.2. The van der Waals surface area contributed by atoms with Gasteiger partial charge in [0.2, 0.25) is 0 Å². The van der Waals surface area contributed by atoms with Gasteiger partial charge >= 0.3 is 0 Å². The number of ether oxygens (including phenoxy) is 1. The normalized spacial score (nSPS) is 14.7. The van der Waals surface area contributed by atoms with Crippen molar-refractivity contribution in [3.05, 3.63) is 46.4 Å². The molecule has 0 bridgehead atoms. The molecule has 0 aliphatic carbocycles. The molecular weight excluding hydrogens is 336 g/mol. The molecule has 0 atom stereocenters. The fourth-order valence-corrected chi connectivity index (χ4v) is 3.66. The number of nitrogens with zero attached hydrogens (tertiary/aromatic N) is 3. The summed E-state index contributed by atoms with van der Waals surface area (Å²) < 4.78 is 5.41. The van der Waals surface area contributed by atoms with Crippen molar-refractivity contribution in [2.45, 2.75) is 6.92 Å². The Bertz CT molecular complexity index is 918. The van der Waals surface area contributed by atoms with Gasteiger partial charge in [0.15, 0.2) is 0 Å². The third-order valence-electron chi connectivity index (χ3n) is 4.15. The Kier molecular flexibility index (Phi) is 4.33. The molecule has 128 valence electrons. The van der Waals surface area contributed by atoms with E-state index in [0.29, 0.717) is 18.1 Å². The maximum absolute atomic E-state index is 12.3. The Balaban J connectivity index is 1.61. The number of hydrogen-bond acceptors (Lipinski definition) is 6. The second-order valence-electron chi connectivity index (χ2n) is 5.89. The van der Waals surface area contributed by atoms with Crippen molar-refractivity contribution in [3.63, 3.8) is 0 Å². The van der Waals surface area contributed by atoms with Gasteiger partial charge in [-0.1, -0.05) is 0 Å². The number of aryl methyl sites for hydroxylation is 1. The molecule has 1 fully saturated rings. The number of carbonyl (C=O) groups is 1. The predicted octanol–water partition coefficient (Wildman–Crippen LogP) is 3.09. The quantitative estimate of drug-likeness (QED) is 0.783. The van der Waals surface area contributed by atoms with Crippen molar-refractivity contribution in [1.29, 1.82) is 0 Å². The predicted molar refractivity (Wildman–Crippen MR) is 99.6 cm³/mol. The fourth-order valence-electron chi connectivity index (χ4n) is 2.90. The number of aromatic nitrogens is 2. The van der Waals surface area contributed by atoms with Crippen LogP contribution in [0.25, 0.3) is 10.9 Å². The number of rotatable bonds is 3. The number of benzene rings is 1. The maximum Gasteiger partial charge on any atom is 0.265 e. The van der Waals surface area contributed by atoms with Crippen molar-refractivity contribution in [1.82, 2.24) is 9.97 Å². The summed E-state index contributed by atoms with van der Waals surface area (Å²) in [6.07, 6.45) is 1.57. The monoisotopic (exact) mass is 354 g/mol. The Morgan fingerprint density at radius 2 is 2.04 bits per heavy atom. The molecule has 3 heterocycles. The van der Waals surface area contributed by atoms with Crippen LogP contribution >= 0.6 is 11.3 Å². The molecule has 3 aromatic rings. The number of hydrogen-bond donors (Lipinski definition) is 1. The van der Waals surface area contributed by atoms with Gasteiger partial charge in [-0.3, -0.25) is 4.79 Å². The first-order valence-corrected chi connectivity index (χ1v) is 8.97. The third-order valence-corrected chi connectivity index (χ3v) is 5.15. The van der Waals surface area contributed by atoms with Gasteiger partial charge in [0.05, 0.1) is 23.6 Å². The smallest absolute Gasteiger partial charge is 0.265 e. The average Bonchev–Trinajstić information content (AvgIpc) is 3.08. The van der Waals surface area contributed by atoms with Crippen molar-refractivity contribution in [2.75, 3.05) is 36.5 Å². The van der Waals surface area contributed by atoms with Crippen LogP contribution < -0.4 is 10.2 Å². The zero-order valence-electron chi connectivity index (χ0n) is 13.9. The highest BCUT2D eigenvalue weighted by Gasteiger charge is 2.16. The molecule has 2 aromatic heterocycles. The first-order chi connectivity index (χ1) is 12.2. The summed E-state index contributed by atoms with van der Waals surface area (Å²) in [5, 5.41) is 3.92. The number of morpholine rings is 1. The fraction of sp³-hybridized carbons (Fsp3) is 0.278. The van der Waals surface area contributed by atoms with E-state index in [1.165, 1.54) is 11.3 Å². The van der Waals surface area contributed by atoms with Gasteiger partial charge in [-0.15, -0.1) is 11.3 Å². The molecule has 25 heavy (non-hydrogen) atoms. The number of anilines is 2. The van der Waals surface area contributed by atoms with Crippen LogP contribution in [0.3, 0.4) is 0 Å². The van der Waals surface area contributed by atoms with E-state index >= 15 is 0 Å². The lowest BCUT2D eigenvalue weighted by molar-refractivity contribution is 0.103. The minimum atomic E-state index is -0.0973. The van der Waals surface area contributed by atoms with Crippen molar-refractivity contribution < 1.29 is 9.53 Å². The summed E-state index contributed by atoms with van der Waals surface area (Å²) in [5.74, 6) is 0.819. The lowest BCUT2D eigenvalue weighted by Crippen LogP contribution is -2.36. The van der Waals surface area contributed by atoms with Crippen LogP contribution in [-0.4, -0.2) is 42.2 Å². The van der Waals surface area contributed by atoms with E-state index in [0.717, 1.165) is 40.4 Å². The van der Waals surface area contributed by atoms with Crippen LogP contribution in [-0.2, 0) is 4.74 Å². The van der Waals surface area contributed by atoms with Crippen LogP contribution in [0.1, 0.15) is 14.5 Å². The lowest BCUT2D eigenvalue weighted by Gasteiger charge is -2.28. The van der Waals surface area contributed by atoms with Crippen LogP contribution in [0.15, 0.2) is 36.7 Å². The zero-order valence-corrected chi connectivity index (χ0v) is 14.7. The summed E-state index contributed by atoms with van der Waals surface area (Å²) >= 11 is 1.48. The minimum Gasteiger partial charge on any atom is -0.378 e. The topological polar surface area (TPSA) is 67.4 Å². The molecule has 7 heteroatoms. The molecule has 1 aliphatic heterocycles. The summed E-state index contributed by atoms with van der Waals surface area (Å²) in [7, 11) is 0. The molecule has 0 spiro atoms. The van der Waals surface area contributed by atoms with Gasteiger partial charge in [-0.05, 0) is 37.3 Å². The van der Waals surface area contributed by atoms with E-state index in [2.05, 4.69) is 20.2 Å². The highest BCUT2D eigenvalue weighted by molar-refractivity contribution is 7.14. The van der Waals surface area contributed by atoms with Gasteiger partial charge in [0, 0.05) is 29.0 Å². The highest BCUT2D eigenvalue weighted by Crippen LogP contribution is 2.26. The van der Waals surface area contributed by atoms with Crippen molar-refractivity contribution in [3.8, 4) is 0 Å². The minimum absolute atomic E-state index is 0.0973. The van der Waals surface area contributed by atoms with Gasteiger partial charge in [0.1, 0.15) is 12.1 Å². The number of fused-ring (bicyclic) bond motifs is 1. The molecular formula is C18H18N4O2S. The summed E-state index contributed by atoms with van der Waals surface area (Å²) in [6.45, 7) is 5.05. The third kappa shape index (κ3) is 3.33. The molecule has 1 saturated heterocycles. The molecule has 6 nitrogen and oxygen atoms in total. The Morgan fingerprint density at radius 1 is 1.20 bits per heavy atom. The number of thiophene rings is 1. The number of nitrogens with one attached hydrogen (secondary N) is 1. The molecule has 1 aliphatic rings. The van der Waals surface area contributed by atoms with Crippen molar-refractivity contribution >= 4 is 39.7 Å². The van der Waals surface area contributed by atoms with Crippen molar-refractivity contribution in [2.24, 2.45) is 0 Å². The van der Waals surface area contributed by atoms with E-state index in [4.69, 9.17) is 4.74 Å². The first-order valence-electron chi connectivity index (χ1n) is 8.16. The second-order valence-corrected chi connectivity index (χ2v) is 7.18. The van der Waals surface area contributed by atoms with Gasteiger partial charge in [-0.25, -0.2) is 9.97 Å². The van der Waals surface area contributed by atoms with Gasteiger partial charge in [0.25, 0.3) is 5.91 Å². The highest BCUT2D eigenvalue weighted by atomic mass is 32.1. The summed E-state index contributed by atoms with van der Waals surface area (Å²) in [4.78, 5) is 25.2. The molecule has 4 rings (SSSR count). The van der Waals surface area contributed by atoms with Gasteiger partial charge < -0.3 is 15.0 Å². The second kappa shape index (κ2) is 6.78. The SMILES string of the molecule is Cc1ccc(C(=O)Nc2ccc3c(N4CCOCC4)ncnc3c2)s1. The van der Waals surface area contributed by atoms with E-state index < -0.39 is 0 Å². The van der Waals surface area contributed by atoms with E-state index in [-0.39, 0.29) is 5.91 Å². The molecule has 0 saturated carbocycles. The first kappa shape index (κ1) is 16.0. The molecule has 0 radical (unpaired) electrons.